The number of hydrogen-bond acceptors (Lipinski definition) is 1. The molecule has 2 atom stereocenters. The zero-order valence-electron chi connectivity index (χ0n) is 11.5. The fourth-order valence-corrected chi connectivity index (χ4v) is 3.00. The summed E-state index contributed by atoms with van der Waals surface area (Å²) < 4.78 is 6.42. The van der Waals surface area contributed by atoms with Crippen LogP contribution in [0.1, 0.15) is 72.1 Å². The van der Waals surface area contributed by atoms with Crippen LogP contribution in [-0.2, 0) is 4.74 Å². The minimum Gasteiger partial charge on any atom is -0.377 e. The highest BCUT2D eigenvalue weighted by Gasteiger charge is 2.31. The van der Waals surface area contributed by atoms with E-state index in [-0.39, 0.29) is 5.60 Å². The molecule has 0 bridgehead atoms. The molecular weight excluding hydrogens is 311 g/mol. The van der Waals surface area contributed by atoms with Crippen LogP contribution in [-0.4, -0.2) is 16.6 Å². The second-order valence-electron chi connectivity index (χ2n) is 4.94. The van der Waals surface area contributed by atoms with Crippen LogP contribution < -0.4 is 0 Å². The van der Waals surface area contributed by atoms with E-state index >= 15 is 0 Å². The van der Waals surface area contributed by atoms with Gasteiger partial charge in [-0.05, 0) is 19.8 Å². The molecule has 98 valence electrons. The molecule has 0 N–H and O–H groups in total. The van der Waals surface area contributed by atoms with Crippen molar-refractivity contribution in [2.24, 2.45) is 0 Å². The minimum atomic E-state index is 0.0868. The molecule has 0 spiro atoms. The van der Waals surface area contributed by atoms with Gasteiger partial charge in [0.25, 0.3) is 0 Å². The lowest BCUT2D eigenvalue weighted by atomic mass is 9.91. The van der Waals surface area contributed by atoms with Crippen molar-refractivity contribution in [2.45, 2.75) is 81.7 Å². The predicted molar refractivity (Wildman–Crippen MR) is 81.5 cm³/mol. The quantitative estimate of drug-likeness (QED) is 0.296. The maximum absolute atomic E-state index is 5.77. The van der Waals surface area contributed by atoms with Crippen molar-refractivity contribution < 1.29 is 4.74 Å². The van der Waals surface area contributed by atoms with Gasteiger partial charge in [-0.15, -0.1) is 0 Å². The number of methoxy groups -OCH3 is 1. The summed E-state index contributed by atoms with van der Waals surface area (Å²) in [7, 11) is 1.87. The molecule has 0 aliphatic heterocycles. The number of halogens is 1. The van der Waals surface area contributed by atoms with Crippen LogP contribution in [0.15, 0.2) is 0 Å². The summed E-state index contributed by atoms with van der Waals surface area (Å²) in [6.07, 6.45) is 10.4. The van der Waals surface area contributed by atoms with Crippen molar-refractivity contribution in [1.82, 2.24) is 0 Å². The summed E-state index contributed by atoms with van der Waals surface area (Å²) in [5.74, 6) is 0. The van der Waals surface area contributed by atoms with Crippen molar-refractivity contribution in [1.29, 1.82) is 0 Å². The minimum absolute atomic E-state index is 0.0868. The van der Waals surface area contributed by atoms with Crippen LogP contribution >= 0.6 is 22.6 Å². The van der Waals surface area contributed by atoms with Crippen molar-refractivity contribution in [3.63, 3.8) is 0 Å². The van der Waals surface area contributed by atoms with Crippen LogP contribution in [0.2, 0.25) is 0 Å². The first-order valence-corrected chi connectivity index (χ1v) is 8.04. The van der Waals surface area contributed by atoms with Crippen LogP contribution in [0.3, 0.4) is 0 Å². The van der Waals surface area contributed by atoms with Gasteiger partial charge in [0.1, 0.15) is 0 Å². The van der Waals surface area contributed by atoms with E-state index in [0.717, 1.165) is 0 Å². The Morgan fingerprint density at radius 1 is 1.06 bits per heavy atom. The van der Waals surface area contributed by atoms with E-state index in [1.54, 1.807) is 0 Å². The molecule has 0 aromatic carbocycles. The van der Waals surface area contributed by atoms with E-state index in [1.165, 1.54) is 51.4 Å². The van der Waals surface area contributed by atoms with E-state index in [4.69, 9.17) is 4.74 Å². The smallest absolute Gasteiger partial charge is 0.0767 e. The molecule has 2 heteroatoms. The lowest BCUT2D eigenvalue weighted by Crippen LogP contribution is -2.37. The van der Waals surface area contributed by atoms with Crippen molar-refractivity contribution in [3.8, 4) is 0 Å². The van der Waals surface area contributed by atoms with E-state index in [2.05, 4.69) is 43.4 Å². The summed E-state index contributed by atoms with van der Waals surface area (Å²) in [5.41, 5.74) is 0.0868. The Morgan fingerprint density at radius 3 is 2.12 bits per heavy atom. The van der Waals surface area contributed by atoms with Gasteiger partial charge >= 0.3 is 0 Å². The Kier molecular flexibility index (Phi) is 10.1. The van der Waals surface area contributed by atoms with Crippen LogP contribution in [0.25, 0.3) is 0 Å². The highest BCUT2D eigenvalue weighted by atomic mass is 127. The average molecular weight is 340 g/mol. The molecule has 0 saturated carbocycles. The number of alkyl halides is 1. The zero-order chi connectivity index (χ0) is 12.4. The number of unbranched alkanes of at least 4 members (excludes halogenated alkanes) is 4. The fraction of sp³-hybridized carbons (Fsp3) is 1.00. The third-order valence-electron chi connectivity index (χ3n) is 3.47. The Hall–Kier alpha value is 0.690. The maximum Gasteiger partial charge on any atom is 0.0767 e. The molecule has 0 heterocycles. The van der Waals surface area contributed by atoms with Gasteiger partial charge in [-0.25, -0.2) is 0 Å². The summed E-state index contributed by atoms with van der Waals surface area (Å²) in [6.45, 7) is 6.80. The van der Waals surface area contributed by atoms with E-state index in [1.807, 2.05) is 7.11 Å². The number of hydrogen-bond donors (Lipinski definition) is 0. The number of ether oxygens (including phenoxy) is 1. The Balaban J connectivity index is 3.99. The first-order chi connectivity index (χ1) is 7.60. The normalized spacial score (nSPS) is 17.1. The molecule has 0 fully saturated rings. The Morgan fingerprint density at radius 2 is 1.62 bits per heavy atom. The highest BCUT2D eigenvalue weighted by Crippen LogP contribution is 2.31. The molecule has 0 radical (unpaired) electrons. The largest absolute Gasteiger partial charge is 0.377 e. The Labute approximate surface area is 116 Å². The molecule has 0 unspecified atom stereocenters. The monoisotopic (exact) mass is 340 g/mol. The predicted octanol–water partition coefficient (Wildman–Crippen LogP) is 5.36. The molecule has 0 saturated heterocycles. The SMILES string of the molecule is CCCCC[C@H](I)[C@@](C)(CCCCC)OC. The van der Waals surface area contributed by atoms with E-state index < -0.39 is 0 Å². The van der Waals surface area contributed by atoms with Crippen LogP contribution in [0, 0.1) is 0 Å². The van der Waals surface area contributed by atoms with Gasteiger partial charge in [0.05, 0.1) is 5.60 Å². The topological polar surface area (TPSA) is 9.23 Å². The first-order valence-electron chi connectivity index (χ1n) is 6.80. The second kappa shape index (κ2) is 9.69. The molecule has 0 aromatic rings. The second-order valence-corrected chi connectivity index (χ2v) is 6.44. The number of rotatable bonds is 10. The molecule has 16 heavy (non-hydrogen) atoms. The maximum atomic E-state index is 5.77. The van der Waals surface area contributed by atoms with Gasteiger partial charge in [-0.2, -0.15) is 0 Å². The van der Waals surface area contributed by atoms with E-state index in [0.29, 0.717) is 3.92 Å². The first kappa shape index (κ1) is 16.7. The van der Waals surface area contributed by atoms with Gasteiger partial charge in [0.15, 0.2) is 0 Å². The highest BCUT2D eigenvalue weighted by molar-refractivity contribution is 14.1. The van der Waals surface area contributed by atoms with Crippen molar-refractivity contribution in [3.05, 3.63) is 0 Å². The fourth-order valence-electron chi connectivity index (χ4n) is 1.99. The van der Waals surface area contributed by atoms with Gasteiger partial charge < -0.3 is 4.74 Å². The summed E-state index contributed by atoms with van der Waals surface area (Å²) >= 11 is 2.59. The third-order valence-corrected chi connectivity index (χ3v) is 5.41. The molecule has 0 rings (SSSR count). The van der Waals surface area contributed by atoms with E-state index in [9.17, 15) is 0 Å². The molecule has 0 aromatic heterocycles. The molecule has 0 amide bonds. The van der Waals surface area contributed by atoms with Gasteiger partial charge in [0, 0.05) is 11.0 Å². The van der Waals surface area contributed by atoms with Crippen LogP contribution in [0.4, 0.5) is 0 Å². The van der Waals surface area contributed by atoms with Crippen molar-refractivity contribution in [2.75, 3.05) is 7.11 Å². The Bertz CT molecular complexity index is 161. The zero-order valence-corrected chi connectivity index (χ0v) is 13.7. The van der Waals surface area contributed by atoms with Crippen molar-refractivity contribution >= 4 is 22.6 Å². The lowest BCUT2D eigenvalue weighted by Gasteiger charge is -2.33. The summed E-state index contributed by atoms with van der Waals surface area (Å²) in [6, 6.07) is 0. The average Bonchev–Trinajstić information content (AvgIpc) is 2.29. The molecular formula is C14H29IO. The standard InChI is InChI=1S/C14H29IO/c1-5-7-9-11-13(15)14(3,16-4)12-10-8-6-2/h13H,5-12H2,1-4H3/t13-,14+/m0/s1. The van der Waals surface area contributed by atoms with Gasteiger partial charge in [-0.1, -0.05) is 75.0 Å². The molecule has 0 aliphatic carbocycles. The molecule has 1 nitrogen and oxygen atoms in total. The lowest BCUT2D eigenvalue weighted by molar-refractivity contribution is -0.00281. The third kappa shape index (κ3) is 6.43. The van der Waals surface area contributed by atoms with Gasteiger partial charge in [0.2, 0.25) is 0 Å². The summed E-state index contributed by atoms with van der Waals surface area (Å²) in [4.78, 5) is 0. The molecule has 0 aliphatic rings. The van der Waals surface area contributed by atoms with Crippen LogP contribution in [0.5, 0.6) is 0 Å². The van der Waals surface area contributed by atoms with Gasteiger partial charge in [-0.3, -0.25) is 0 Å². The summed E-state index contributed by atoms with van der Waals surface area (Å²) in [5, 5.41) is 0.